The first-order valence-corrected chi connectivity index (χ1v) is 11.0. The van der Waals surface area contributed by atoms with E-state index in [2.05, 4.69) is 10.2 Å². The molecule has 4 rings (SSSR count). The van der Waals surface area contributed by atoms with Gasteiger partial charge in [0.1, 0.15) is 11.3 Å². The van der Waals surface area contributed by atoms with Gasteiger partial charge in [0.2, 0.25) is 0 Å². The normalized spacial score (nSPS) is 24.6. The molecule has 1 aliphatic carbocycles. The molecule has 6 heteroatoms. The molecule has 154 valence electrons. The predicted molar refractivity (Wildman–Crippen MR) is 109 cm³/mol. The second-order valence-corrected chi connectivity index (χ2v) is 8.78. The van der Waals surface area contributed by atoms with Crippen LogP contribution in [0.4, 0.5) is 0 Å². The van der Waals surface area contributed by atoms with Crippen molar-refractivity contribution < 1.29 is 9.21 Å². The van der Waals surface area contributed by atoms with Gasteiger partial charge >= 0.3 is 5.63 Å². The minimum atomic E-state index is -0.473. The minimum absolute atomic E-state index is 0.167. The van der Waals surface area contributed by atoms with E-state index in [1.54, 1.807) is 0 Å². The molecule has 1 saturated carbocycles. The summed E-state index contributed by atoms with van der Waals surface area (Å²) in [4.78, 5) is 30.0. The molecular weight excluding hydrogens is 354 g/mol. The Morgan fingerprint density at radius 2 is 1.89 bits per heavy atom. The summed E-state index contributed by atoms with van der Waals surface area (Å²) in [7, 11) is 0. The zero-order valence-electron chi connectivity index (χ0n) is 17.0. The van der Waals surface area contributed by atoms with Gasteiger partial charge in [0.15, 0.2) is 0 Å². The summed E-state index contributed by atoms with van der Waals surface area (Å²) in [5.41, 5.74) is 0.492. The van der Waals surface area contributed by atoms with Gasteiger partial charge in [0, 0.05) is 45.2 Å². The molecule has 28 heavy (non-hydrogen) atoms. The van der Waals surface area contributed by atoms with Gasteiger partial charge in [-0.1, -0.05) is 12.8 Å². The van der Waals surface area contributed by atoms with Crippen LogP contribution in [-0.2, 0) is 0 Å². The highest BCUT2D eigenvalue weighted by molar-refractivity contribution is 5.95. The zero-order valence-corrected chi connectivity index (χ0v) is 17.0. The molecule has 2 saturated heterocycles. The summed E-state index contributed by atoms with van der Waals surface area (Å²) < 4.78 is 5.60. The van der Waals surface area contributed by atoms with Crippen LogP contribution in [0.5, 0.6) is 0 Å². The molecule has 1 amide bonds. The lowest BCUT2D eigenvalue weighted by Gasteiger charge is -2.36. The van der Waals surface area contributed by atoms with Gasteiger partial charge < -0.3 is 14.6 Å². The molecule has 3 aliphatic rings. The minimum Gasteiger partial charge on any atom is -0.427 e. The van der Waals surface area contributed by atoms with Gasteiger partial charge in [-0.05, 0) is 56.7 Å². The fourth-order valence-corrected chi connectivity index (χ4v) is 5.04. The third-order valence-corrected chi connectivity index (χ3v) is 6.73. The lowest BCUT2D eigenvalue weighted by atomic mass is 9.95. The fraction of sp³-hybridized carbons (Fsp3) is 0.727. The Morgan fingerprint density at radius 3 is 2.54 bits per heavy atom. The zero-order chi connectivity index (χ0) is 19.5. The van der Waals surface area contributed by atoms with Crippen LogP contribution in [0.2, 0.25) is 0 Å². The smallest absolute Gasteiger partial charge is 0.349 e. The van der Waals surface area contributed by atoms with Gasteiger partial charge in [-0.2, -0.15) is 0 Å². The molecule has 1 unspecified atom stereocenters. The Kier molecular flexibility index (Phi) is 6.16. The van der Waals surface area contributed by atoms with Crippen molar-refractivity contribution in [2.75, 3.05) is 45.8 Å². The van der Waals surface area contributed by atoms with Crippen LogP contribution in [-0.4, -0.2) is 61.5 Å². The Balaban J connectivity index is 1.39. The Labute approximate surface area is 167 Å². The topological polar surface area (TPSA) is 65.8 Å². The third-order valence-electron chi connectivity index (χ3n) is 6.73. The van der Waals surface area contributed by atoms with Crippen molar-refractivity contribution in [2.45, 2.75) is 51.4 Å². The molecular formula is C22H33N3O3. The predicted octanol–water partition coefficient (Wildman–Crippen LogP) is 2.36. The van der Waals surface area contributed by atoms with Gasteiger partial charge in [0.05, 0.1) is 0 Å². The number of hydrogen-bond donors (Lipinski definition) is 1. The van der Waals surface area contributed by atoms with Crippen molar-refractivity contribution in [2.24, 2.45) is 5.92 Å². The molecule has 1 aromatic heterocycles. The summed E-state index contributed by atoms with van der Waals surface area (Å²) in [5.74, 6) is 1.61. The van der Waals surface area contributed by atoms with Gasteiger partial charge in [0.25, 0.3) is 5.91 Å². The van der Waals surface area contributed by atoms with Crippen molar-refractivity contribution in [1.82, 2.24) is 15.1 Å². The standard InChI is InChI=1S/C22H33N3O3/c1-16-13-19(18-7-4-8-23-14-18)28-22(27)20(16)21(26)25-11-9-24(10-12-25)15-17-5-2-3-6-17/h13,17-18,23H,2-12,14-15H2,1H3. The van der Waals surface area contributed by atoms with Crippen LogP contribution in [0.15, 0.2) is 15.3 Å². The van der Waals surface area contributed by atoms with Crippen LogP contribution >= 0.6 is 0 Å². The number of nitrogens with zero attached hydrogens (tertiary/aromatic N) is 2. The van der Waals surface area contributed by atoms with Crippen molar-refractivity contribution in [3.63, 3.8) is 0 Å². The maximum atomic E-state index is 13.0. The molecule has 0 aromatic carbocycles. The molecule has 0 spiro atoms. The highest BCUT2D eigenvalue weighted by Gasteiger charge is 2.28. The van der Waals surface area contributed by atoms with Crippen molar-refractivity contribution in [3.05, 3.63) is 33.4 Å². The molecule has 3 heterocycles. The number of piperazine rings is 1. The summed E-state index contributed by atoms with van der Waals surface area (Å²) >= 11 is 0. The lowest BCUT2D eigenvalue weighted by Crippen LogP contribution is -2.50. The van der Waals surface area contributed by atoms with E-state index in [-0.39, 0.29) is 17.4 Å². The number of carbonyl (C=O) groups excluding carboxylic acids is 1. The van der Waals surface area contributed by atoms with E-state index in [4.69, 9.17) is 4.42 Å². The average molecular weight is 388 g/mol. The van der Waals surface area contributed by atoms with Crippen molar-refractivity contribution in [3.8, 4) is 0 Å². The van der Waals surface area contributed by atoms with E-state index >= 15 is 0 Å². The average Bonchev–Trinajstić information content (AvgIpc) is 3.21. The van der Waals surface area contributed by atoms with Gasteiger partial charge in [-0.3, -0.25) is 9.69 Å². The monoisotopic (exact) mass is 387 g/mol. The van der Waals surface area contributed by atoms with E-state index in [0.717, 1.165) is 57.0 Å². The first-order valence-electron chi connectivity index (χ1n) is 11.0. The highest BCUT2D eigenvalue weighted by atomic mass is 16.4. The highest BCUT2D eigenvalue weighted by Crippen LogP contribution is 2.26. The van der Waals surface area contributed by atoms with Crippen LogP contribution in [0.25, 0.3) is 0 Å². The first-order chi connectivity index (χ1) is 13.6. The van der Waals surface area contributed by atoms with E-state index in [9.17, 15) is 9.59 Å². The largest absolute Gasteiger partial charge is 0.427 e. The Hall–Kier alpha value is -1.66. The number of nitrogens with one attached hydrogen (secondary N) is 1. The molecule has 3 fully saturated rings. The quantitative estimate of drug-likeness (QED) is 0.859. The van der Waals surface area contributed by atoms with Gasteiger partial charge in [-0.25, -0.2) is 4.79 Å². The summed E-state index contributed by atoms with van der Waals surface area (Å²) in [6.45, 7) is 8.06. The van der Waals surface area contributed by atoms with Crippen LogP contribution in [0.3, 0.4) is 0 Å². The van der Waals surface area contributed by atoms with Crippen molar-refractivity contribution >= 4 is 5.91 Å². The molecule has 1 atom stereocenters. The first kappa shape index (κ1) is 19.6. The van der Waals surface area contributed by atoms with Crippen LogP contribution in [0, 0.1) is 12.8 Å². The maximum Gasteiger partial charge on any atom is 0.349 e. The van der Waals surface area contributed by atoms with Gasteiger partial charge in [-0.15, -0.1) is 0 Å². The van der Waals surface area contributed by atoms with Crippen LogP contribution in [0.1, 0.15) is 66.1 Å². The second kappa shape index (κ2) is 8.78. The summed E-state index contributed by atoms with van der Waals surface area (Å²) in [6.07, 6.45) is 7.53. The molecule has 2 aliphatic heterocycles. The van der Waals surface area contributed by atoms with E-state index in [1.807, 2.05) is 17.9 Å². The second-order valence-electron chi connectivity index (χ2n) is 8.78. The SMILES string of the molecule is Cc1cc(C2CCCNC2)oc(=O)c1C(=O)N1CCN(CC2CCCC2)CC1. The fourth-order valence-electron chi connectivity index (χ4n) is 5.04. The number of rotatable bonds is 4. The molecule has 0 bridgehead atoms. The number of hydrogen-bond acceptors (Lipinski definition) is 5. The lowest BCUT2D eigenvalue weighted by molar-refractivity contribution is 0.0612. The van der Waals surface area contributed by atoms with E-state index in [0.29, 0.717) is 18.8 Å². The summed E-state index contributed by atoms with van der Waals surface area (Å²) in [6, 6.07) is 1.91. The third kappa shape index (κ3) is 4.33. The maximum absolute atomic E-state index is 13.0. The van der Waals surface area contributed by atoms with Crippen molar-refractivity contribution in [1.29, 1.82) is 0 Å². The Bertz CT molecular complexity index is 740. The number of amides is 1. The number of piperidine rings is 1. The van der Waals surface area contributed by atoms with Crippen LogP contribution < -0.4 is 10.9 Å². The molecule has 1 aromatic rings. The Morgan fingerprint density at radius 1 is 1.14 bits per heavy atom. The number of aryl methyl sites for hydroxylation is 1. The van der Waals surface area contributed by atoms with E-state index < -0.39 is 5.63 Å². The molecule has 6 nitrogen and oxygen atoms in total. The van der Waals surface area contributed by atoms with E-state index in [1.165, 1.54) is 25.7 Å². The summed E-state index contributed by atoms with van der Waals surface area (Å²) in [5, 5.41) is 3.35. The number of carbonyl (C=O) groups is 1. The molecule has 0 radical (unpaired) electrons. The molecule has 1 N–H and O–H groups in total.